The summed E-state index contributed by atoms with van der Waals surface area (Å²) in [6.07, 6.45) is 2.82. The van der Waals surface area contributed by atoms with Gasteiger partial charge in [0, 0.05) is 6.04 Å². The van der Waals surface area contributed by atoms with Crippen LogP contribution in [0.2, 0.25) is 0 Å². The topological polar surface area (TPSA) is 3.24 Å². The maximum Gasteiger partial charge on any atom is 0.00942 e. The smallest absolute Gasteiger partial charge is 0.00942 e. The van der Waals surface area contributed by atoms with Gasteiger partial charge in [-0.25, -0.2) is 0 Å². The Balaban J connectivity index is 2.15. The second kappa shape index (κ2) is 2.06. The van der Waals surface area contributed by atoms with Crippen molar-refractivity contribution >= 4 is 0 Å². The van der Waals surface area contributed by atoms with Crippen molar-refractivity contribution in [2.45, 2.75) is 25.8 Å². The maximum atomic E-state index is 2.32. The lowest BCUT2D eigenvalue weighted by atomic mass is 9.81. The second-order valence-corrected chi connectivity index (χ2v) is 3.19. The van der Waals surface area contributed by atoms with Crippen LogP contribution in [0.4, 0.5) is 0 Å². The first-order valence-electron chi connectivity index (χ1n) is 3.36. The molecule has 1 nitrogen and oxygen atoms in total. The summed E-state index contributed by atoms with van der Waals surface area (Å²) in [6, 6.07) is 0.894. The number of hydrogen-bond acceptors (Lipinski definition) is 1. The highest BCUT2D eigenvalue weighted by molar-refractivity contribution is 4.81. The van der Waals surface area contributed by atoms with Crippen molar-refractivity contribution < 1.29 is 0 Å². The van der Waals surface area contributed by atoms with Gasteiger partial charge in [0.05, 0.1) is 0 Å². The van der Waals surface area contributed by atoms with E-state index in [0.29, 0.717) is 0 Å². The van der Waals surface area contributed by atoms with Crippen LogP contribution in [0, 0.1) is 5.92 Å². The van der Waals surface area contributed by atoms with Crippen LogP contribution in [0.3, 0.4) is 0 Å². The molecule has 8 heavy (non-hydrogen) atoms. The molecule has 1 heteroatoms. The van der Waals surface area contributed by atoms with E-state index >= 15 is 0 Å². The summed E-state index contributed by atoms with van der Waals surface area (Å²) in [7, 11) is 4.33. The van der Waals surface area contributed by atoms with Crippen LogP contribution in [0.25, 0.3) is 0 Å². The van der Waals surface area contributed by atoms with Gasteiger partial charge in [-0.15, -0.1) is 0 Å². The van der Waals surface area contributed by atoms with Gasteiger partial charge in [0.25, 0.3) is 0 Å². The lowest BCUT2D eigenvalue weighted by Crippen LogP contribution is -2.38. The molecule has 0 unspecified atom stereocenters. The van der Waals surface area contributed by atoms with Crippen LogP contribution in [0.1, 0.15) is 19.8 Å². The SMILES string of the molecule is CN(C)[C@H]1C[C@@H](C)C1. The molecular formula is C7H15N. The molecule has 0 bridgehead atoms. The first-order valence-corrected chi connectivity index (χ1v) is 3.36. The standard InChI is InChI=1S/C7H15N/c1-6-4-7(5-6)8(2)3/h6-7H,4-5H2,1-3H3/t6-,7+. The molecule has 1 saturated carbocycles. The third-order valence-corrected chi connectivity index (χ3v) is 2.08. The average Bonchev–Trinajstić information content (AvgIpc) is 1.57. The van der Waals surface area contributed by atoms with E-state index in [0.717, 1.165) is 12.0 Å². The molecular weight excluding hydrogens is 98.1 g/mol. The average molecular weight is 113 g/mol. The lowest BCUT2D eigenvalue weighted by Gasteiger charge is -2.37. The minimum Gasteiger partial charge on any atom is -0.306 e. The Morgan fingerprint density at radius 3 is 1.88 bits per heavy atom. The molecule has 0 aromatic heterocycles. The van der Waals surface area contributed by atoms with Crippen molar-refractivity contribution in [1.82, 2.24) is 4.90 Å². The van der Waals surface area contributed by atoms with Crippen LogP contribution >= 0.6 is 0 Å². The van der Waals surface area contributed by atoms with Crippen molar-refractivity contribution in [1.29, 1.82) is 0 Å². The van der Waals surface area contributed by atoms with Crippen molar-refractivity contribution in [2.75, 3.05) is 14.1 Å². The molecule has 0 spiro atoms. The van der Waals surface area contributed by atoms with Crippen LogP contribution in [0.15, 0.2) is 0 Å². The molecule has 0 aromatic rings. The molecule has 0 radical (unpaired) electrons. The van der Waals surface area contributed by atoms with Crippen molar-refractivity contribution in [3.63, 3.8) is 0 Å². The Kier molecular flexibility index (Phi) is 1.57. The van der Waals surface area contributed by atoms with Crippen LogP contribution in [-0.2, 0) is 0 Å². The second-order valence-electron chi connectivity index (χ2n) is 3.19. The van der Waals surface area contributed by atoms with E-state index in [4.69, 9.17) is 0 Å². The van der Waals surface area contributed by atoms with E-state index in [9.17, 15) is 0 Å². The predicted octanol–water partition coefficient (Wildman–Crippen LogP) is 1.35. The van der Waals surface area contributed by atoms with Gasteiger partial charge in [-0.05, 0) is 32.9 Å². The van der Waals surface area contributed by atoms with Gasteiger partial charge >= 0.3 is 0 Å². The van der Waals surface area contributed by atoms with Gasteiger partial charge in [0.2, 0.25) is 0 Å². The van der Waals surface area contributed by atoms with E-state index in [2.05, 4.69) is 25.9 Å². The Hall–Kier alpha value is -0.0400. The molecule has 48 valence electrons. The summed E-state index contributed by atoms with van der Waals surface area (Å²) in [5.74, 6) is 0.988. The van der Waals surface area contributed by atoms with E-state index in [1.165, 1.54) is 12.8 Å². The summed E-state index contributed by atoms with van der Waals surface area (Å²) in [4.78, 5) is 2.32. The minimum absolute atomic E-state index is 0.894. The van der Waals surface area contributed by atoms with E-state index < -0.39 is 0 Å². The minimum atomic E-state index is 0.894. The van der Waals surface area contributed by atoms with Crippen molar-refractivity contribution in [2.24, 2.45) is 5.92 Å². The molecule has 1 aliphatic rings. The summed E-state index contributed by atoms with van der Waals surface area (Å²) >= 11 is 0. The number of hydrogen-bond donors (Lipinski definition) is 0. The Morgan fingerprint density at radius 1 is 1.25 bits per heavy atom. The fraction of sp³-hybridized carbons (Fsp3) is 1.00. The van der Waals surface area contributed by atoms with E-state index in [1.807, 2.05) is 0 Å². The van der Waals surface area contributed by atoms with E-state index in [1.54, 1.807) is 0 Å². The van der Waals surface area contributed by atoms with Gasteiger partial charge in [0.1, 0.15) is 0 Å². The predicted molar refractivity (Wildman–Crippen MR) is 35.9 cm³/mol. The van der Waals surface area contributed by atoms with Crippen molar-refractivity contribution in [3.8, 4) is 0 Å². The molecule has 0 aliphatic heterocycles. The summed E-state index contributed by atoms with van der Waals surface area (Å²) in [6.45, 7) is 2.32. The summed E-state index contributed by atoms with van der Waals surface area (Å²) < 4.78 is 0. The van der Waals surface area contributed by atoms with Crippen LogP contribution in [-0.4, -0.2) is 25.0 Å². The van der Waals surface area contributed by atoms with E-state index in [-0.39, 0.29) is 0 Å². The molecule has 0 aromatic carbocycles. The molecule has 0 saturated heterocycles. The molecule has 0 heterocycles. The third kappa shape index (κ3) is 1.03. The molecule has 1 rings (SSSR count). The zero-order valence-electron chi connectivity index (χ0n) is 6.02. The van der Waals surface area contributed by atoms with Gasteiger partial charge < -0.3 is 4.90 Å². The molecule has 1 fully saturated rings. The Morgan fingerprint density at radius 2 is 1.75 bits per heavy atom. The molecule has 0 atom stereocenters. The largest absolute Gasteiger partial charge is 0.306 e. The molecule has 0 amide bonds. The first-order chi connectivity index (χ1) is 3.70. The summed E-state index contributed by atoms with van der Waals surface area (Å²) in [5.41, 5.74) is 0. The first kappa shape index (κ1) is 6.09. The van der Waals surface area contributed by atoms with Gasteiger partial charge in [-0.1, -0.05) is 6.92 Å². The quantitative estimate of drug-likeness (QED) is 0.496. The highest BCUT2D eigenvalue weighted by atomic mass is 15.1. The Labute approximate surface area is 51.7 Å². The lowest BCUT2D eigenvalue weighted by molar-refractivity contribution is 0.135. The number of nitrogens with zero attached hydrogens (tertiary/aromatic N) is 1. The van der Waals surface area contributed by atoms with Gasteiger partial charge in [0.15, 0.2) is 0 Å². The maximum absolute atomic E-state index is 2.32. The molecule has 0 N–H and O–H groups in total. The fourth-order valence-electron chi connectivity index (χ4n) is 1.28. The zero-order valence-corrected chi connectivity index (χ0v) is 6.02. The monoisotopic (exact) mass is 113 g/mol. The number of rotatable bonds is 1. The Bertz CT molecular complexity index is 72.5. The van der Waals surface area contributed by atoms with Gasteiger partial charge in [-0.2, -0.15) is 0 Å². The van der Waals surface area contributed by atoms with Crippen LogP contribution in [0.5, 0.6) is 0 Å². The summed E-state index contributed by atoms with van der Waals surface area (Å²) in [5, 5.41) is 0. The zero-order chi connectivity index (χ0) is 6.15. The highest BCUT2D eigenvalue weighted by Gasteiger charge is 2.26. The third-order valence-electron chi connectivity index (χ3n) is 2.08. The van der Waals surface area contributed by atoms with Gasteiger partial charge in [-0.3, -0.25) is 0 Å². The van der Waals surface area contributed by atoms with Crippen molar-refractivity contribution in [3.05, 3.63) is 0 Å². The molecule has 1 aliphatic carbocycles. The fourth-order valence-corrected chi connectivity index (χ4v) is 1.28. The normalized spacial score (nSPS) is 37.5. The highest BCUT2D eigenvalue weighted by Crippen LogP contribution is 2.29. The van der Waals surface area contributed by atoms with Crippen LogP contribution < -0.4 is 0 Å².